The maximum absolute atomic E-state index is 13.4. The average Bonchev–Trinajstić information content (AvgIpc) is 2.41. The zero-order valence-electron chi connectivity index (χ0n) is 9.78. The number of aromatic carboxylic acids is 1. The van der Waals surface area contributed by atoms with Crippen LogP contribution in [-0.2, 0) is 0 Å². The zero-order chi connectivity index (χ0) is 14.7. The van der Waals surface area contributed by atoms with Crippen LogP contribution >= 0.6 is 0 Å². The first-order valence-electron chi connectivity index (χ1n) is 5.22. The summed E-state index contributed by atoms with van der Waals surface area (Å²) in [5, 5.41) is 22.3. The van der Waals surface area contributed by atoms with Crippen LogP contribution in [-0.4, -0.2) is 26.0 Å². The minimum atomic E-state index is -1.52. The van der Waals surface area contributed by atoms with Crippen molar-refractivity contribution in [3.63, 3.8) is 0 Å². The van der Waals surface area contributed by atoms with E-state index in [0.717, 1.165) is 6.07 Å². The van der Waals surface area contributed by atoms with Gasteiger partial charge in [0.15, 0.2) is 0 Å². The number of rotatable bonds is 4. The summed E-state index contributed by atoms with van der Waals surface area (Å²) in [5.41, 5.74) is -1.12. The van der Waals surface area contributed by atoms with Gasteiger partial charge in [0, 0.05) is 0 Å². The Morgan fingerprint density at radius 1 is 1.35 bits per heavy atom. The van der Waals surface area contributed by atoms with Crippen molar-refractivity contribution >= 4 is 23.0 Å². The molecule has 1 aromatic carbocycles. The fourth-order valence-electron chi connectivity index (χ4n) is 1.50. The molecule has 1 aromatic heterocycles. The van der Waals surface area contributed by atoms with Crippen LogP contribution in [0.5, 0.6) is 0 Å². The molecule has 0 atom stereocenters. The van der Waals surface area contributed by atoms with E-state index in [9.17, 15) is 19.3 Å². The molecule has 2 aromatic rings. The van der Waals surface area contributed by atoms with Gasteiger partial charge in [-0.3, -0.25) is 10.1 Å². The van der Waals surface area contributed by atoms with Crippen LogP contribution in [0.4, 0.5) is 21.5 Å². The van der Waals surface area contributed by atoms with Gasteiger partial charge in [-0.25, -0.2) is 19.2 Å². The molecule has 0 unspecified atom stereocenters. The SMILES string of the molecule is O=C(O)c1cc(Nc2cncnc2)c([N+](=O)[O-])cc1F. The Balaban J connectivity index is 2.51. The molecule has 0 radical (unpaired) electrons. The van der Waals surface area contributed by atoms with E-state index in [1.165, 1.54) is 18.7 Å². The third kappa shape index (κ3) is 2.66. The molecule has 8 nitrogen and oxygen atoms in total. The van der Waals surface area contributed by atoms with Crippen LogP contribution in [0.1, 0.15) is 10.4 Å². The van der Waals surface area contributed by atoms with Crippen molar-refractivity contribution in [3.8, 4) is 0 Å². The lowest BCUT2D eigenvalue weighted by Crippen LogP contribution is -2.05. The Morgan fingerprint density at radius 2 is 2.00 bits per heavy atom. The van der Waals surface area contributed by atoms with Crippen molar-refractivity contribution in [1.82, 2.24) is 9.97 Å². The minimum Gasteiger partial charge on any atom is -0.478 e. The highest BCUT2D eigenvalue weighted by molar-refractivity contribution is 5.91. The number of nitro groups is 1. The van der Waals surface area contributed by atoms with E-state index >= 15 is 0 Å². The fourth-order valence-corrected chi connectivity index (χ4v) is 1.50. The van der Waals surface area contributed by atoms with E-state index in [4.69, 9.17) is 5.11 Å². The van der Waals surface area contributed by atoms with Crippen molar-refractivity contribution in [2.45, 2.75) is 0 Å². The maximum Gasteiger partial charge on any atom is 0.338 e. The predicted molar refractivity (Wildman–Crippen MR) is 65.3 cm³/mol. The molecule has 2 N–H and O–H groups in total. The first-order chi connectivity index (χ1) is 9.49. The number of nitrogens with zero attached hydrogens (tertiary/aromatic N) is 3. The number of hydrogen-bond acceptors (Lipinski definition) is 6. The normalized spacial score (nSPS) is 10.1. The molecule has 0 aliphatic rings. The number of halogens is 1. The van der Waals surface area contributed by atoms with E-state index in [1.807, 2.05) is 0 Å². The molecule has 20 heavy (non-hydrogen) atoms. The highest BCUT2D eigenvalue weighted by Gasteiger charge is 2.21. The number of benzene rings is 1. The second kappa shape index (κ2) is 5.26. The van der Waals surface area contributed by atoms with Gasteiger partial charge in [0.2, 0.25) is 0 Å². The van der Waals surface area contributed by atoms with Crippen LogP contribution < -0.4 is 5.32 Å². The highest BCUT2D eigenvalue weighted by Crippen LogP contribution is 2.30. The number of hydrogen-bond donors (Lipinski definition) is 2. The van der Waals surface area contributed by atoms with Gasteiger partial charge in [0.05, 0.1) is 34.6 Å². The molecular weight excluding hydrogens is 271 g/mol. The van der Waals surface area contributed by atoms with Crippen LogP contribution in [0, 0.1) is 15.9 Å². The molecule has 2 rings (SSSR count). The Morgan fingerprint density at radius 3 is 2.55 bits per heavy atom. The highest BCUT2D eigenvalue weighted by atomic mass is 19.1. The largest absolute Gasteiger partial charge is 0.478 e. The summed E-state index contributed by atoms with van der Waals surface area (Å²) in [6.07, 6.45) is 3.92. The Labute approximate surface area is 111 Å². The van der Waals surface area contributed by atoms with E-state index in [1.54, 1.807) is 0 Å². The maximum atomic E-state index is 13.4. The van der Waals surface area contributed by atoms with Crippen molar-refractivity contribution in [2.75, 3.05) is 5.32 Å². The molecule has 1 heterocycles. The van der Waals surface area contributed by atoms with Crippen molar-refractivity contribution in [1.29, 1.82) is 0 Å². The van der Waals surface area contributed by atoms with Crippen LogP contribution in [0.25, 0.3) is 0 Å². The molecule has 0 aliphatic heterocycles. The molecule has 0 fully saturated rings. The van der Waals surface area contributed by atoms with E-state index in [2.05, 4.69) is 15.3 Å². The summed E-state index contributed by atoms with van der Waals surface area (Å²) in [6, 6.07) is 1.40. The molecular formula is C11H7FN4O4. The second-order valence-corrected chi connectivity index (χ2v) is 3.66. The van der Waals surface area contributed by atoms with E-state index in [-0.39, 0.29) is 5.69 Å². The van der Waals surface area contributed by atoms with Crippen LogP contribution in [0.2, 0.25) is 0 Å². The van der Waals surface area contributed by atoms with Crippen LogP contribution in [0.15, 0.2) is 30.9 Å². The van der Waals surface area contributed by atoms with Gasteiger partial charge in [-0.2, -0.15) is 0 Å². The summed E-state index contributed by atoms with van der Waals surface area (Å²) in [4.78, 5) is 28.3. The lowest BCUT2D eigenvalue weighted by atomic mass is 10.1. The summed E-state index contributed by atoms with van der Waals surface area (Å²) < 4.78 is 13.4. The Bertz CT molecular complexity index is 678. The topological polar surface area (TPSA) is 118 Å². The van der Waals surface area contributed by atoms with E-state index in [0.29, 0.717) is 11.8 Å². The van der Waals surface area contributed by atoms with Gasteiger partial charge in [0.25, 0.3) is 5.69 Å². The Hall–Kier alpha value is -3.10. The van der Waals surface area contributed by atoms with Gasteiger partial charge in [-0.1, -0.05) is 0 Å². The molecule has 9 heteroatoms. The lowest BCUT2D eigenvalue weighted by Gasteiger charge is -2.08. The average molecular weight is 278 g/mol. The van der Waals surface area contributed by atoms with Gasteiger partial charge >= 0.3 is 5.97 Å². The quantitative estimate of drug-likeness (QED) is 0.648. The van der Waals surface area contributed by atoms with Gasteiger partial charge in [-0.05, 0) is 6.07 Å². The van der Waals surface area contributed by atoms with Crippen LogP contribution in [0.3, 0.4) is 0 Å². The molecule has 0 aliphatic carbocycles. The number of nitro benzene ring substituents is 1. The monoisotopic (exact) mass is 278 g/mol. The zero-order valence-corrected chi connectivity index (χ0v) is 9.78. The first-order valence-corrected chi connectivity index (χ1v) is 5.22. The molecule has 0 spiro atoms. The number of aromatic nitrogens is 2. The summed E-state index contributed by atoms with van der Waals surface area (Å²) >= 11 is 0. The summed E-state index contributed by atoms with van der Waals surface area (Å²) in [7, 11) is 0. The molecule has 102 valence electrons. The smallest absolute Gasteiger partial charge is 0.338 e. The third-order valence-corrected chi connectivity index (χ3v) is 2.35. The predicted octanol–water partition coefficient (Wildman–Crippen LogP) is 1.97. The third-order valence-electron chi connectivity index (χ3n) is 2.35. The second-order valence-electron chi connectivity index (χ2n) is 3.66. The molecule has 0 amide bonds. The standard InChI is InChI=1S/C11H7FN4O4/c12-8-2-10(16(19)20)9(1-7(8)11(17)18)15-6-3-13-5-14-4-6/h1-5,15H,(H,17,18). The number of carboxylic acids is 1. The van der Waals surface area contributed by atoms with Gasteiger partial charge in [-0.15, -0.1) is 0 Å². The molecule has 0 bridgehead atoms. The fraction of sp³-hybridized carbons (Fsp3) is 0. The van der Waals surface area contributed by atoms with Crippen molar-refractivity contribution < 1.29 is 19.2 Å². The van der Waals surface area contributed by atoms with Crippen molar-refractivity contribution in [2.24, 2.45) is 0 Å². The number of nitrogens with one attached hydrogen (secondary N) is 1. The number of anilines is 2. The summed E-state index contributed by atoms with van der Waals surface area (Å²) in [6.45, 7) is 0. The van der Waals surface area contributed by atoms with Gasteiger partial charge < -0.3 is 10.4 Å². The lowest BCUT2D eigenvalue weighted by molar-refractivity contribution is -0.384. The van der Waals surface area contributed by atoms with Crippen molar-refractivity contribution in [3.05, 3.63) is 52.3 Å². The molecule has 0 saturated carbocycles. The first kappa shape index (κ1) is 13.3. The van der Waals surface area contributed by atoms with Gasteiger partial charge in [0.1, 0.15) is 17.8 Å². The molecule has 0 saturated heterocycles. The van der Waals surface area contributed by atoms with E-state index < -0.39 is 28.0 Å². The number of carbonyl (C=O) groups is 1. The Kier molecular flexibility index (Phi) is 3.51. The number of carboxylic acid groups (broad SMARTS) is 1. The minimum absolute atomic E-state index is 0.163. The summed E-state index contributed by atoms with van der Waals surface area (Å²) in [5.74, 6) is -2.70.